The maximum absolute atomic E-state index is 5.66. The molecule has 2 rings (SSSR count). The van der Waals surface area contributed by atoms with Crippen LogP contribution in [0.2, 0.25) is 0 Å². The lowest BCUT2D eigenvalue weighted by molar-refractivity contribution is 0.543. The molecule has 2 aromatic rings. The number of benzene rings is 1. The second-order valence-corrected chi connectivity index (χ2v) is 5.35. The van der Waals surface area contributed by atoms with Crippen LogP contribution in [-0.4, -0.2) is 16.3 Å². The monoisotopic (exact) mass is 271 g/mol. The summed E-state index contributed by atoms with van der Waals surface area (Å²) in [7, 11) is 0. The summed E-state index contributed by atoms with van der Waals surface area (Å²) in [5.41, 5.74) is 10.8. The van der Waals surface area contributed by atoms with Crippen molar-refractivity contribution in [1.29, 1.82) is 0 Å². The van der Waals surface area contributed by atoms with E-state index in [1.165, 1.54) is 29.7 Å². The first-order valence-electron chi connectivity index (χ1n) is 7.49. The lowest BCUT2D eigenvalue weighted by atomic mass is 10.1. The highest BCUT2D eigenvalue weighted by Gasteiger charge is 2.09. The first kappa shape index (κ1) is 14.8. The van der Waals surface area contributed by atoms with Gasteiger partial charge in [0.05, 0.1) is 5.69 Å². The largest absolute Gasteiger partial charge is 0.330 e. The lowest BCUT2D eigenvalue weighted by Gasteiger charge is -2.05. The third-order valence-electron chi connectivity index (χ3n) is 3.85. The summed E-state index contributed by atoms with van der Waals surface area (Å²) in [5, 5.41) is 4.63. The van der Waals surface area contributed by atoms with Gasteiger partial charge in [0.25, 0.3) is 0 Å². The number of aromatic nitrogens is 2. The van der Waals surface area contributed by atoms with Crippen LogP contribution in [0.25, 0.3) is 0 Å². The number of hydrogen-bond acceptors (Lipinski definition) is 2. The Morgan fingerprint density at radius 2 is 1.80 bits per heavy atom. The van der Waals surface area contributed by atoms with Crippen molar-refractivity contribution >= 4 is 0 Å². The van der Waals surface area contributed by atoms with Gasteiger partial charge in [-0.2, -0.15) is 5.10 Å². The summed E-state index contributed by atoms with van der Waals surface area (Å²) >= 11 is 0. The zero-order valence-electron chi connectivity index (χ0n) is 12.6. The van der Waals surface area contributed by atoms with Gasteiger partial charge in [0, 0.05) is 12.2 Å². The Morgan fingerprint density at radius 3 is 2.50 bits per heavy atom. The average molecular weight is 271 g/mol. The van der Waals surface area contributed by atoms with Crippen molar-refractivity contribution < 1.29 is 0 Å². The predicted molar refractivity (Wildman–Crippen MR) is 83.8 cm³/mol. The molecule has 20 heavy (non-hydrogen) atoms. The van der Waals surface area contributed by atoms with Gasteiger partial charge in [0.15, 0.2) is 0 Å². The smallest absolute Gasteiger partial charge is 0.0628 e. The van der Waals surface area contributed by atoms with Gasteiger partial charge in [-0.15, -0.1) is 0 Å². The minimum absolute atomic E-state index is 0.696. The van der Waals surface area contributed by atoms with Gasteiger partial charge in [0.1, 0.15) is 0 Å². The van der Waals surface area contributed by atoms with Crippen LogP contribution in [0, 0.1) is 13.8 Å². The second kappa shape index (κ2) is 7.25. The van der Waals surface area contributed by atoms with Crippen LogP contribution in [0.5, 0.6) is 0 Å². The summed E-state index contributed by atoms with van der Waals surface area (Å²) in [6, 6.07) is 10.7. The molecule has 0 radical (unpaired) electrons. The van der Waals surface area contributed by atoms with Crippen molar-refractivity contribution in [2.45, 2.75) is 46.1 Å². The zero-order valence-corrected chi connectivity index (χ0v) is 12.6. The fourth-order valence-corrected chi connectivity index (χ4v) is 2.69. The molecule has 0 spiro atoms. The van der Waals surface area contributed by atoms with E-state index in [1.54, 1.807) is 0 Å². The van der Waals surface area contributed by atoms with E-state index in [1.807, 2.05) is 0 Å². The Kier molecular flexibility index (Phi) is 5.36. The van der Waals surface area contributed by atoms with E-state index in [0.29, 0.717) is 6.54 Å². The molecule has 0 bridgehead atoms. The van der Waals surface area contributed by atoms with Gasteiger partial charge in [-0.25, -0.2) is 0 Å². The number of rotatable bonds is 7. The van der Waals surface area contributed by atoms with E-state index < -0.39 is 0 Å². The van der Waals surface area contributed by atoms with Crippen molar-refractivity contribution in [3.8, 4) is 0 Å². The molecule has 1 aromatic heterocycles. The molecule has 108 valence electrons. The first-order valence-corrected chi connectivity index (χ1v) is 7.49. The standard InChI is InChI=1S/C17H25N3/c1-14-17(11-12-18)15(2)20(19-14)13-7-6-10-16-8-4-3-5-9-16/h3-5,8-9H,6-7,10-13,18H2,1-2H3. The van der Waals surface area contributed by atoms with Gasteiger partial charge >= 0.3 is 0 Å². The van der Waals surface area contributed by atoms with Crippen LogP contribution in [0.4, 0.5) is 0 Å². The van der Waals surface area contributed by atoms with Crippen LogP contribution in [0.3, 0.4) is 0 Å². The van der Waals surface area contributed by atoms with Crippen LogP contribution >= 0.6 is 0 Å². The van der Waals surface area contributed by atoms with Crippen molar-refractivity contribution in [2.75, 3.05) is 6.54 Å². The molecule has 1 aromatic carbocycles. The number of aryl methyl sites for hydroxylation is 3. The van der Waals surface area contributed by atoms with E-state index in [9.17, 15) is 0 Å². The number of nitrogens with two attached hydrogens (primary N) is 1. The first-order chi connectivity index (χ1) is 9.72. The summed E-state index contributed by atoms with van der Waals surface area (Å²) in [4.78, 5) is 0. The Labute approximate surface area is 121 Å². The molecule has 3 nitrogen and oxygen atoms in total. The summed E-state index contributed by atoms with van der Waals surface area (Å²) in [5.74, 6) is 0. The minimum Gasteiger partial charge on any atom is -0.330 e. The highest BCUT2D eigenvalue weighted by atomic mass is 15.3. The van der Waals surface area contributed by atoms with Crippen molar-refractivity contribution in [3.05, 3.63) is 52.8 Å². The van der Waals surface area contributed by atoms with Gasteiger partial charge in [-0.05, 0) is 57.2 Å². The highest BCUT2D eigenvalue weighted by Crippen LogP contribution is 2.14. The van der Waals surface area contributed by atoms with E-state index in [4.69, 9.17) is 5.73 Å². The Balaban J connectivity index is 1.84. The average Bonchev–Trinajstić information content (AvgIpc) is 2.73. The molecule has 0 aliphatic carbocycles. The van der Waals surface area contributed by atoms with Crippen LogP contribution in [-0.2, 0) is 19.4 Å². The molecule has 3 heteroatoms. The van der Waals surface area contributed by atoms with Crippen molar-refractivity contribution in [1.82, 2.24) is 9.78 Å². The predicted octanol–water partition coefficient (Wildman–Crippen LogP) is 3.02. The molecule has 2 N–H and O–H groups in total. The minimum atomic E-state index is 0.696. The van der Waals surface area contributed by atoms with Crippen LogP contribution in [0.15, 0.2) is 30.3 Å². The Hall–Kier alpha value is -1.61. The van der Waals surface area contributed by atoms with Crippen molar-refractivity contribution in [3.63, 3.8) is 0 Å². The number of hydrogen-bond donors (Lipinski definition) is 1. The van der Waals surface area contributed by atoms with Crippen molar-refractivity contribution in [2.24, 2.45) is 5.73 Å². The summed E-state index contributed by atoms with van der Waals surface area (Å²) < 4.78 is 2.14. The van der Waals surface area contributed by atoms with Gasteiger partial charge in [-0.1, -0.05) is 30.3 Å². The number of nitrogens with zero attached hydrogens (tertiary/aromatic N) is 2. The van der Waals surface area contributed by atoms with Crippen LogP contribution in [0.1, 0.15) is 35.4 Å². The molecule has 0 fully saturated rings. The molecule has 0 saturated carbocycles. The second-order valence-electron chi connectivity index (χ2n) is 5.35. The summed E-state index contributed by atoms with van der Waals surface area (Å²) in [6.45, 7) is 5.94. The Morgan fingerprint density at radius 1 is 1.05 bits per heavy atom. The highest BCUT2D eigenvalue weighted by molar-refractivity contribution is 5.24. The normalized spacial score (nSPS) is 10.9. The number of unbranched alkanes of at least 4 members (excludes halogenated alkanes) is 1. The van der Waals surface area contributed by atoms with Gasteiger partial charge < -0.3 is 5.73 Å². The molecular formula is C17H25N3. The quantitative estimate of drug-likeness (QED) is 0.787. The molecule has 0 amide bonds. The van der Waals surface area contributed by atoms with E-state index in [0.717, 1.165) is 25.1 Å². The van der Waals surface area contributed by atoms with Crippen LogP contribution < -0.4 is 5.73 Å². The SMILES string of the molecule is Cc1nn(CCCCc2ccccc2)c(C)c1CCN. The lowest BCUT2D eigenvalue weighted by Crippen LogP contribution is -2.06. The maximum atomic E-state index is 5.66. The molecule has 0 aliphatic rings. The van der Waals surface area contributed by atoms with E-state index in [-0.39, 0.29) is 0 Å². The molecular weight excluding hydrogens is 246 g/mol. The topological polar surface area (TPSA) is 43.8 Å². The summed E-state index contributed by atoms with van der Waals surface area (Å²) in [6.07, 6.45) is 4.45. The van der Waals surface area contributed by atoms with E-state index >= 15 is 0 Å². The fourth-order valence-electron chi connectivity index (χ4n) is 2.69. The third-order valence-corrected chi connectivity index (χ3v) is 3.85. The Bertz CT molecular complexity index is 529. The molecule has 0 aliphatic heterocycles. The molecule has 1 heterocycles. The van der Waals surface area contributed by atoms with E-state index in [2.05, 4.69) is 54.0 Å². The molecule has 0 unspecified atom stereocenters. The van der Waals surface area contributed by atoms with Gasteiger partial charge in [0.2, 0.25) is 0 Å². The third kappa shape index (κ3) is 3.70. The fraction of sp³-hybridized carbons (Fsp3) is 0.471. The zero-order chi connectivity index (χ0) is 14.4. The van der Waals surface area contributed by atoms with Gasteiger partial charge in [-0.3, -0.25) is 4.68 Å². The molecule has 0 saturated heterocycles. The molecule has 0 atom stereocenters. The maximum Gasteiger partial charge on any atom is 0.0628 e.